The van der Waals surface area contributed by atoms with E-state index in [0.29, 0.717) is 5.56 Å². The van der Waals surface area contributed by atoms with Gasteiger partial charge in [-0.1, -0.05) is 19.1 Å². The molecule has 2 N–H and O–H groups in total. The molecule has 1 saturated heterocycles. The molecule has 26 heavy (non-hydrogen) atoms. The van der Waals surface area contributed by atoms with Crippen LogP contribution in [-0.2, 0) is 0 Å². The van der Waals surface area contributed by atoms with Crippen LogP contribution in [0.2, 0.25) is 0 Å². The van der Waals surface area contributed by atoms with Crippen LogP contribution in [-0.4, -0.2) is 44.1 Å². The SMILES string of the molecule is CCN1CCC(CCNC(=NC)NC(C)c2ccc(C)c(F)c2)CC1.I. The van der Waals surface area contributed by atoms with E-state index in [-0.39, 0.29) is 35.8 Å². The Morgan fingerprint density at radius 2 is 2.04 bits per heavy atom. The molecule has 0 spiro atoms. The number of aliphatic imine (C=N–C) groups is 1. The second kappa shape index (κ2) is 11.7. The van der Waals surface area contributed by atoms with Gasteiger partial charge in [-0.15, -0.1) is 24.0 Å². The highest BCUT2D eigenvalue weighted by atomic mass is 127. The summed E-state index contributed by atoms with van der Waals surface area (Å²) in [7, 11) is 1.78. The molecule has 0 aromatic heterocycles. The molecule has 0 aliphatic carbocycles. The molecule has 148 valence electrons. The smallest absolute Gasteiger partial charge is 0.191 e. The molecule has 1 fully saturated rings. The fraction of sp³-hybridized carbons (Fsp3) is 0.650. The first-order valence-electron chi connectivity index (χ1n) is 9.49. The van der Waals surface area contributed by atoms with Gasteiger partial charge in [0.15, 0.2) is 5.96 Å². The molecule has 0 bridgehead atoms. The van der Waals surface area contributed by atoms with Crippen LogP contribution >= 0.6 is 24.0 Å². The minimum Gasteiger partial charge on any atom is -0.356 e. The van der Waals surface area contributed by atoms with Gasteiger partial charge in [0.25, 0.3) is 0 Å². The number of nitrogens with zero attached hydrogens (tertiary/aromatic N) is 2. The minimum absolute atomic E-state index is 0. The number of guanidine groups is 1. The van der Waals surface area contributed by atoms with Crippen LogP contribution in [0.15, 0.2) is 23.2 Å². The first-order valence-corrected chi connectivity index (χ1v) is 9.49. The van der Waals surface area contributed by atoms with E-state index in [1.54, 1.807) is 20.0 Å². The summed E-state index contributed by atoms with van der Waals surface area (Å²) in [6.45, 7) is 10.6. The van der Waals surface area contributed by atoms with Crippen molar-refractivity contribution in [1.29, 1.82) is 0 Å². The Morgan fingerprint density at radius 3 is 2.62 bits per heavy atom. The molecule has 1 unspecified atom stereocenters. The lowest BCUT2D eigenvalue weighted by Crippen LogP contribution is -2.40. The van der Waals surface area contributed by atoms with Gasteiger partial charge in [-0.3, -0.25) is 4.99 Å². The molecule has 1 aromatic rings. The Morgan fingerprint density at radius 1 is 1.35 bits per heavy atom. The number of benzene rings is 1. The summed E-state index contributed by atoms with van der Waals surface area (Å²) in [6, 6.07) is 5.39. The maximum absolute atomic E-state index is 13.7. The zero-order valence-electron chi connectivity index (χ0n) is 16.5. The monoisotopic (exact) mass is 476 g/mol. The zero-order valence-corrected chi connectivity index (χ0v) is 18.8. The molecular weight excluding hydrogens is 442 g/mol. The van der Waals surface area contributed by atoms with Gasteiger partial charge in [-0.05, 0) is 75.9 Å². The van der Waals surface area contributed by atoms with E-state index in [1.165, 1.54) is 38.9 Å². The molecule has 1 aliphatic heterocycles. The summed E-state index contributed by atoms with van der Waals surface area (Å²) in [5.41, 5.74) is 1.60. The Kier molecular flexibility index (Phi) is 10.5. The number of halogens is 2. The van der Waals surface area contributed by atoms with E-state index in [4.69, 9.17) is 0 Å². The Hall–Kier alpha value is -0.890. The van der Waals surface area contributed by atoms with Crippen LogP contribution < -0.4 is 10.6 Å². The lowest BCUT2D eigenvalue weighted by molar-refractivity contribution is 0.187. The summed E-state index contributed by atoms with van der Waals surface area (Å²) in [5, 5.41) is 6.75. The number of rotatable bonds is 6. The summed E-state index contributed by atoms with van der Waals surface area (Å²) in [5.74, 6) is 1.42. The highest BCUT2D eigenvalue weighted by Gasteiger charge is 2.17. The van der Waals surface area contributed by atoms with Crippen molar-refractivity contribution in [3.8, 4) is 0 Å². The fourth-order valence-electron chi connectivity index (χ4n) is 3.35. The van der Waals surface area contributed by atoms with E-state index in [0.717, 1.165) is 24.0 Å². The number of nitrogens with one attached hydrogen (secondary N) is 2. The number of likely N-dealkylation sites (tertiary alicyclic amines) is 1. The van der Waals surface area contributed by atoms with Crippen LogP contribution in [0, 0.1) is 18.7 Å². The van der Waals surface area contributed by atoms with E-state index in [2.05, 4.69) is 27.4 Å². The quantitative estimate of drug-likeness (QED) is 0.369. The third kappa shape index (κ3) is 7.02. The van der Waals surface area contributed by atoms with Gasteiger partial charge in [0, 0.05) is 13.6 Å². The van der Waals surface area contributed by atoms with E-state index in [9.17, 15) is 4.39 Å². The molecule has 6 heteroatoms. The van der Waals surface area contributed by atoms with Crippen LogP contribution in [0.4, 0.5) is 4.39 Å². The molecule has 2 rings (SSSR count). The molecule has 1 aliphatic rings. The van der Waals surface area contributed by atoms with Crippen molar-refractivity contribution in [2.24, 2.45) is 10.9 Å². The predicted molar refractivity (Wildman–Crippen MR) is 119 cm³/mol. The second-order valence-electron chi connectivity index (χ2n) is 7.04. The third-order valence-electron chi connectivity index (χ3n) is 5.27. The highest BCUT2D eigenvalue weighted by Crippen LogP contribution is 2.19. The maximum atomic E-state index is 13.7. The first-order chi connectivity index (χ1) is 12.0. The van der Waals surface area contributed by atoms with Crippen molar-refractivity contribution in [2.75, 3.05) is 33.2 Å². The standard InChI is InChI=1S/C20H33FN4.HI/c1-5-25-12-9-17(10-13-25)8-11-23-20(22-4)24-16(3)18-7-6-15(2)19(21)14-18;/h6-7,14,16-17H,5,8-13H2,1-4H3,(H2,22,23,24);1H. The van der Waals surface area contributed by atoms with Gasteiger partial charge in [0.2, 0.25) is 0 Å². The van der Waals surface area contributed by atoms with E-state index in [1.807, 2.05) is 19.1 Å². The summed E-state index contributed by atoms with van der Waals surface area (Å²) in [6.07, 6.45) is 3.76. The number of hydrogen-bond donors (Lipinski definition) is 2. The van der Waals surface area contributed by atoms with Crippen molar-refractivity contribution in [3.05, 3.63) is 35.1 Å². The van der Waals surface area contributed by atoms with Gasteiger partial charge < -0.3 is 15.5 Å². The van der Waals surface area contributed by atoms with Gasteiger partial charge in [0.1, 0.15) is 5.82 Å². The van der Waals surface area contributed by atoms with Gasteiger partial charge in [0.05, 0.1) is 6.04 Å². The predicted octanol–water partition coefficient (Wildman–Crippen LogP) is 4.10. The lowest BCUT2D eigenvalue weighted by Gasteiger charge is -2.31. The Labute approximate surface area is 175 Å². The zero-order chi connectivity index (χ0) is 18.2. The van der Waals surface area contributed by atoms with Crippen LogP contribution in [0.5, 0.6) is 0 Å². The highest BCUT2D eigenvalue weighted by molar-refractivity contribution is 14.0. The molecular formula is C20H34FIN4. The van der Waals surface area contributed by atoms with Gasteiger partial charge in [-0.25, -0.2) is 4.39 Å². The Bertz CT molecular complexity index is 571. The second-order valence-corrected chi connectivity index (χ2v) is 7.04. The van der Waals surface area contributed by atoms with Crippen molar-refractivity contribution >= 4 is 29.9 Å². The van der Waals surface area contributed by atoms with Crippen molar-refractivity contribution in [3.63, 3.8) is 0 Å². The third-order valence-corrected chi connectivity index (χ3v) is 5.27. The van der Waals surface area contributed by atoms with Crippen LogP contribution in [0.1, 0.15) is 50.3 Å². The summed E-state index contributed by atoms with van der Waals surface area (Å²) < 4.78 is 13.7. The molecule has 1 aromatic carbocycles. The van der Waals surface area contributed by atoms with Gasteiger partial charge in [-0.2, -0.15) is 0 Å². The molecule has 0 saturated carbocycles. The summed E-state index contributed by atoms with van der Waals surface area (Å²) >= 11 is 0. The topological polar surface area (TPSA) is 39.7 Å². The lowest BCUT2D eigenvalue weighted by atomic mass is 9.93. The number of hydrogen-bond acceptors (Lipinski definition) is 2. The van der Waals surface area contributed by atoms with Crippen molar-refractivity contribution < 1.29 is 4.39 Å². The first kappa shape index (κ1) is 23.1. The normalized spacial score (nSPS) is 17.5. The van der Waals surface area contributed by atoms with Crippen molar-refractivity contribution in [2.45, 2.75) is 46.1 Å². The van der Waals surface area contributed by atoms with Crippen LogP contribution in [0.25, 0.3) is 0 Å². The average molecular weight is 476 g/mol. The maximum Gasteiger partial charge on any atom is 0.191 e. The molecule has 1 atom stereocenters. The number of piperidine rings is 1. The van der Waals surface area contributed by atoms with Gasteiger partial charge >= 0.3 is 0 Å². The number of aryl methyl sites for hydroxylation is 1. The average Bonchev–Trinajstić information content (AvgIpc) is 2.63. The summed E-state index contributed by atoms with van der Waals surface area (Å²) in [4.78, 5) is 6.81. The molecule has 4 nitrogen and oxygen atoms in total. The van der Waals surface area contributed by atoms with E-state index < -0.39 is 0 Å². The molecule has 1 heterocycles. The fourth-order valence-corrected chi connectivity index (χ4v) is 3.35. The van der Waals surface area contributed by atoms with Crippen molar-refractivity contribution in [1.82, 2.24) is 15.5 Å². The van der Waals surface area contributed by atoms with Crippen LogP contribution in [0.3, 0.4) is 0 Å². The van der Waals surface area contributed by atoms with E-state index >= 15 is 0 Å². The minimum atomic E-state index is -0.160. The molecule has 0 amide bonds. The largest absolute Gasteiger partial charge is 0.356 e. The molecule has 0 radical (unpaired) electrons. The Balaban J connectivity index is 0.00000338.